The molecule has 0 atom stereocenters. The molecule has 0 aliphatic carbocycles. The summed E-state index contributed by atoms with van der Waals surface area (Å²) in [6, 6.07) is 0. The standard InChI is InChI=1S/C10H19NO/c1-9(2)8-10(12)6-5-7-11(3)4/h5-6,9H,7-8H2,1-4H3/b6-5+. The molecule has 70 valence electrons. The van der Waals surface area contributed by atoms with E-state index in [-0.39, 0.29) is 5.78 Å². The van der Waals surface area contributed by atoms with Gasteiger partial charge in [0.15, 0.2) is 5.78 Å². The van der Waals surface area contributed by atoms with Crippen molar-refractivity contribution in [1.29, 1.82) is 0 Å². The van der Waals surface area contributed by atoms with Crippen LogP contribution in [0.4, 0.5) is 0 Å². The quantitative estimate of drug-likeness (QED) is 0.584. The summed E-state index contributed by atoms with van der Waals surface area (Å²) < 4.78 is 0. The number of hydrogen-bond donors (Lipinski definition) is 0. The van der Waals surface area contributed by atoms with Crippen LogP contribution in [0.15, 0.2) is 12.2 Å². The molecule has 0 unspecified atom stereocenters. The summed E-state index contributed by atoms with van der Waals surface area (Å²) in [5, 5.41) is 0. The molecule has 0 saturated heterocycles. The molecule has 0 saturated carbocycles. The fourth-order valence-electron chi connectivity index (χ4n) is 0.865. The van der Waals surface area contributed by atoms with E-state index >= 15 is 0 Å². The Labute approximate surface area is 75.3 Å². The van der Waals surface area contributed by atoms with E-state index < -0.39 is 0 Å². The summed E-state index contributed by atoms with van der Waals surface area (Å²) in [4.78, 5) is 13.2. The minimum atomic E-state index is 0.229. The molecule has 0 heterocycles. The number of carbonyl (C=O) groups excluding carboxylic acids is 1. The van der Waals surface area contributed by atoms with Gasteiger partial charge in [-0.2, -0.15) is 0 Å². The maximum absolute atomic E-state index is 11.1. The lowest BCUT2D eigenvalue weighted by Crippen LogP contribution is -2.11. The Balaban J connectivity index is 3.61. The highest BCUT2D eigenvalue weighted by atomic mass is 16.1. The van der Waals surface area contributed by atoms with Crippen molar-refractivity contribution in [1.82, 2.24) is 4.90 Å². The van der Waals surface area contributed by atoms with Crippen molar-refractivity contribution in [3.8, 4) is 0 Å². The highest BCUT2D eigenvalue weighted by Crippen LogP contribution is 2.00. The van der Waals surface area contributed by atoms with E-state index in [0.29, 0.717) is 12.3 Å². The fourth-order valence-corrected chi connectivity index (χ4v) is 0.865. The molecule has 0 N–H and O–H groups in total. The number of carbonyl (C=O) groups is 1. The van der Waals surface area contributed by atoms with Gasteiger partial charge in [0.1, 0.15) is 0 Å². The summed E-state index contributed by atoms with van der Waals surface area (Å²) >= 11 is 0. The molecule has 0 rings (SSSR count). The minimum Gasteiger partial charge on any atom is -0.306 e. The molecule has 0 aromatic carbocycles. The molecule has 0 aromatic rings. The van der Waals surface area contributed by atoms with E-state index in [2.05, 4.69) is 13.8 Å². The lowest BCUT2D eigenvalue weighted by Gasteiger charge is -2.03. The highest BCUT2D eigenvalue weighted by Gasteiger charge is 1.99. The van der Waals surface area contributed by atoms with Gasteiger partial charge in [-0.15, -0.1) is 0 Å². The summed E-state index contributed by atoms with van der Waals surface area (Å²) in [6.45, 7) is 4.94. The Hall–Kier alpha value is -0.630. The third-order valence-corrected chi connectivity index (χ3v) is 1.38. The summed E-state index contributed by atoms with van der Waals surface area (Å²) in [6.07, 6.45) is 4.24. The Morgan fingerprint density at radius 3 is 2.42 bits per heavy atom. The van der Waals surface area contributed by atoms with Crippen molar-refractivity contribution in [3.05, 3.63) is 12.2 Å². The molecule has 0 bridgehead atoms. The molecular weight excluding hydrogens is 150 g/mol. The van der Waals surface area contributed by atoms with Crippen LogP contribution in [-0.4, -0.2) is 31.3 Å². The first-order chi connectivity index (χ1) is 5.52. The van der Waals surface area contributed by atoms with Gasteiger partial charge in [-0.25, -0.2) is 0 Å². The SMILES string of the molecule is CC(C)CC(=O)/C=C/CN(C)C. The van der Waals surface area contributed by atoms with E-state index in [0.717, 1.165) is 6.54 Å². The summed E-state index contributed by atoms with van der Waals surface area (Å²) in [5.74, 6) is 0.688. The van der Waals surface area contributed by atoms with Gasteiger partial charge in [-0.3, -0.25) is 4.79 Å². The average Bonchev–Trinajstić information content (AvgIpc) is 1.84. The van der Waals surface area contributed by atoms with Crippen LogP contribution in [0.2, 0.25) is 0 Å². The number of nitrogens with zero attached hydrogens (tertiary/aromatic N) is 1. The van der Waals surface area contributed by atoms with Gasteiger partial charge in [-0.05, 0) is 26.1 Å². The van der Waals surface area contributed by atoms with Gasteiger partial charge in [0.2, 0.25) is 0 Å². The molecule has 0 fully saturated rings. The van der Waals surface area contributed by atoms with Crippen molar-refractivity contribution in [2.75, 3.05) is 20.6 Å². The third-order valence-electron chi connectivity index (χ3n) is 1.38. The number of ketones is 1. The Kier molecular flexibility index (Phi) is 5.64. The molecular formula is C10H19NO. The molecule has 0 aromatic heterocycles. The van der Waals surface area contributed by atoms with Crippen LogP contribution in [0, 0.1) is 5.92 Å². The van der Waals surface area contributed by atoms with Gasteiger partial charge < -0.3 is 4.90 Å². The second-order valence-corrected chi connectivity index (χ2v) is 3.73. The normalized spacial score (nSPS) is 11.8. The number of hydrogen-bond acceptors (Lipinski definition) is 2. The highest BCUT2D eigenvalue weighted by molar-refractivity contribution is 5.89. The first-order valence-corrected chi connectivity index (χ1v) is 4.36. The van der Waals surface area contributed by atoms with E-state index in [1.54, 1.807) is 6.08 Å². The van der Waals surface area contributed by atoms with Gasteiger partial charge in [0, 0.05) is 13.0 Å². The van der Waals surface area contributed by atoms with Gasteiger partial charge in [-0.1, -0.05) is 19.9 Å². The Bertz CT molecular complexity index is 159. The smallest absolute Gasteiger partial charge is 0.155 e. The van der Waals surface area contributed by atoms with E-state index in [1.165, 1.54) is 0 Å². The van der Waals surface area contributed by atoms with Gasteiger partial charge >= 0.3 is 0 Å². The molecule has 0 spiro atoms. The van der Waals surface area contributed by atoms with Crippen LogP contribution in [-0.2, 0) is 4.79 Å². The first kappa shape index (κ1) is 11.4. The molecule has 2 heteroatoms. The van der Waals surface area contributed by atoms with E-state index in [9.17, 15) is 4.79 Å². The number of rotatable bonds is 5. The van der Waals surface area contributed by atoms with Crippen molar-refractivity contribution in [2.24, 2.45) is 5.92 Å². The topological polar surface area (TPSA) is 20.3 Å². The van der Waals surface area contributed by atoms with Crippen LogP contribution < -0.4 is 0 Å². The molecule has 0 radical (unpaired) electrons. The Morgan fingerprint density at radius 2 is 2.00 bits per heavy atom. The van der Waals surface area contributed by atoms with Crippen LogP contribution in [0.3, 0.4) is 0 Å². The van der Waals surface area contributed by atoms with Crippen LogP contribution >= 0.6 is 0 Å². The van der Waals surface area contributed by atoms with Gasteiger partial charge in [0.05, 0.1) is 0 Å². The fraction of sp³-hybridized carbons (Fsp3) is 0.700. The monoisotopic (exact) mass is 169 g/mol. The second kappa shape index (κ2) is 5.95. The summed E-state index contributed by atoms with van der Waals surface area (Å²) in [7, 11) is 3.97. The first-order valence-electron chi connectivity index (χ1n) is 4.36. The zero-order valence-corrected chi connectivity index (χ0v) is 8.50. The van der Waals surface area contributed by atoms with Crippen molar-refractivity contribution < 1.29 is 4.79 Å². The lowest BCUT2D eigenvalue weighted by atomic mass is 10.1. The molecule has 0 aliphatic rings. The van der Waals surface area contributed by atoms with E-state index in [4.69, 9.17) is 0 Å². The van der Waals surface area contributed by atoms with Crippen LogP contribution in [0.5, 0.6) is 0 Å². The molecule has 0 aliphatic heterocycles. The molecule has 12 heavy (non-hydrogen) atoms. The maximum Gasteiger partial charge on any atom is 0.155 e. The van der Waals surface area contributed by atoms with Crippen molar-refractivity contribution in [2.45, 2.75) is 20.3 Å². The average molecular weight is 169 g/mol. The number of likely N-dealkylation sites (N-methyl/N-ethyl adjacent to an activating group) is 1. The zero-order chi connectivity index (χ0) is 9.56. The van der Waals surface area contributed by atoms with Crippen molar-refractivity contribution >= 4 is 5.78 Å². The second-order valence-electron chi connectivity index (χ2n) is 3.73. The predicted octanol–water partition coefficient (Wildman–Crippen LogP) is 1.72. The zero-order valence-electron chi connectivity index (χ0n) is 8.50. The summed E-state index contributed by atoms with van der Waals surface area (Å²) in [5.41, 5.74) is 0. The lowest BCUT2D eigenvalue weighted by molar-refractivity contribution is -0.115. The maximum atomic E-state index is 11.1. The molecule has 2 nitrogen and oxygen atoms in total. The van der Waals surface area contributed by atoms with Crippen LogP contribution in [0.1, 0.15) is 20.3 Å². The van der Waals surface area contributed by atoms with Crippen molar-refractivity contribution in [3.63, 3.8) is 0 Å². The number of allylic oxidation sites excluding steroid dienone is 1. The Morgan fingerprint density at radius 1 is 1.42 bits per heavy atom. The molecule has 0 amide bonds. The predicted molar refractivity (Wildman–Crippen MR) is 52.2 cm³/mol. The largest absolute Gasteiger partial charge is 0.306 e. The minimum absolute atomic E-state index is 0.229. The third kappa shape index (κ3) is 7.48. The van der Waals surface area contributed by atoms with Crippen LogP contribution in [0.25, 0.3) is 0 Å². The van der Waals surface area contributed by atoms with Gasteiger partial charge in [0.25, 0.3) is 0 Å². The van der Waals surface area contributed by atoms with E-state index in [1.807, 2.05) is 25.1 Å².